The van der Waals surface area contributed by atoms with Gasteiger partial charge in [-0.3, -0.25) is 10.1 Å². The van der Waals surface area contributed by atoms with Gasteiger partial charge in [0.2, 0.25) is 11.8 Å². The molecule has 0 atom stereocenters. The summed E-state index contributed by atoms with van der Waals surface area (Å²) in [5, 5.41) is 20.5. The van der Waals surface area contributed by atoms with E-state index in [9.17, 15) is 10.1 Å². The molecule has 9 heteroatoms. The van der Waals surface area contributed by atoms with Crippen molar-refractivity contribution >= 4 is 28.4 Å². The van der Waals surface area contributed by atoms with Gasteiger partial charge in [-0.15, -0.1) is 10.2 Å². The van der Waals surface area contributed by atoms with Crippen LogP contribution in [0, 0.1) is 10.1 Å². The first-order chi connectivity index (χ1) is 12.7. The summed E-state index contributed by atoms with van der Waals surface area (Å²) in [6, 6.07) is 13.7. The predicted octanol–water partition coefficient (Wildman–Crippen LogP) is 3.88. The van der Waals surface area contributed by atoms with E-state index in [1.54, 1.807) is 12.1 Å². The molecule has 26 heavy (non-hydrogen) atoms. The van der Waals surface area contributed by atoms with Gasteiger partial charge in [0.05, 0.1) is 16.2 Å². The third kappa shape index (κ3) is 3.24. The van der Waals surface area contributed by atoms with Crippen LogP contribution in [0.15, 0.2) is 64.3 Å². The third-order valence-corrected chi connectivity index (χ3v) is 4.62. The molecule has 0 N–H and O–H groups in total. The van der Waals surface area contributed by atoms with Crippen molar-refractivity contribution in [2.24, 2.45) is 0 Å². The molecule has 0 aliphatic rings. The van der Waals surface area contributed by atoms with Gasteiger partial charge in [-0.25, -0.2) is 9.97 Å². The molecule has 0 radical (unpaired) electrons. The fraction of sp³-hybridized carbons (Fsp3) is 0.0588. The maximum atomic E-state index is 10.7. The van der Waals surface area contributed by atoms with E-state index in [4.69, 9.17) is 4.42 Å². The van der Waals surface area contributed by atoms with Crippen molar-refractivity contribution in [3.8, 4) is 11.5 Å². The van der Waals surface area contributed by atoms with Crippen molar-refractivity contribution < 1.29 is 9.34 Å². The quantitative estimate of drug-likeness (QED) is 0.227. The molecule has 0 saturated heterocycles. The van der Waals surface area contributed by atoms with Gasteiger partial charge in [-0.1, -0.05) is 30.0 Å². The average Bonchev–Trinajstić information content (AvgIpc) is 3.15. The third-order valence-electron chi connectivity index (χ3n) is 3.63. The lowest BCUT2D eigenvalue weighted by Gasteiger charge is -2.02. The average molecular weight is 365 g/mol. The van der Waals surface area contributed by atoms with E-state index in [1.165, 1.54) is 30.2 Å². The number of para-hydroxylation sites is 1. The van der Waals surface area contributed by atoms with Gasteiger partial charge >= 0.3 is 0 Å². The molecule has 4 aromatic rings. The van der Waals surface area contributed by atoms with Crippen LogP contribution in [0.3, 0.4) is 0 Å². The zero-order chi connectivity index (χ0) is 17.9. The number of rotatable bonds is 5. The zero-order valence-electron chi connectivity index (χ0n) is 13.3. The van der Waals surface area contributed by atoms with E-state index >= 15 is 0 Å². The summed E-state index contributed by atoms with van der Waals surface area (Å²) in [7, 11) is 0. The Kier molecular flexibility index (Phi) is 4.28. The SMILES string of the molecule is O=[N+]([O-])c1ccc(-c2nnc(CSc3ncnc4ccccc34)o2)cc1. The summed E-state index contributed by atoms with van der Waals surface area (Å²) in [5.41, 5.74) is 1.52. The van der Waals surface area contributed by atoms with Gasteiger partial charge in [-0.2, -0.15) is 0 Å². The van der Waals surface area contributed by atoms with Gasteiger partial charge in [0.1, 0.15) is 11.4 Å². The van der Waals surface area contributed by atoms with Crippen LogP contribution in [0.5, 0.6) is 0 Å². The second-order valence-corrected chi connectivity index (χ2v) is 6.25. The van der Waals surface area contributed by atoms with Crippen LogP contribution in [0.2, 0.25) is 0 Å². The molecule has 4 rings (SSSR count). The summed E-state index contributed by atoms with van der Waals surface area (Å²) >= 11 is 1.48. The van der Waals surface area contributed by atoms with Gasteiger partial charge in [-0.05, 0) is 18.2 Å². The van der Waals surface area contributed by atoms with Crippen molar-refractivity contribution in [3.05, 3.63) is 70.9 Å². The first-order valence-electron chi connectivity index (χ1n) is 7.60. The second-order valence-electron chi connectivity index (χ2n) is 5.29. The Morgan fingerprint density at radius 2 is 1.85 bits per heavy atom. The van der Waals surface area contributed by atoms with Crippen LogP contribution >= 0.6 is 11.8 Å². The summed E-state index contributed by atoms with van der Waals surface area (Å²) in [6.07, 6.45) is 1.53. The Morgan fingerprint density at radius 1 is 1.04 bits per heavy atom. The number of thioether (sulfide) groups is 1. The van der Waals surface area contributed by atoms with E-state index in [1.807, 2.05) is 24.3 Å². The summed E-state index contributed by atoms with van der Waals surface area (Å²) in [4.78, 5) is 18.8. The molecular formula is C17H11N5O3S. The number of benzene rings is 2. The molecule has 0 aliphatic heterocycles. The number of aromatic nitrogens is 4. The van der Waals surface area contributed by atoms with Crippen LogP contribution in [0.25, 0.3) is 22.4 Å². The maximum absolute atomic E-state index is 10.7. The van der Waals surface area contributed by atoms with Crippen LogP contribution in [-0.2, 0) is 5.75 Å². The number of non-ortho nitro benzene ring substituents is 1. The molecule has 0 amide bonds. The van der Waals surface area contributed by atoms with Crippen molar-refractivity contribution in [2.75, 3.05) is 0 Å². The molecule has 0 fully saturated rings. The molecule has 0 bridgehead atoms. The highest BCUT2D eigenvalue weighted by Crippen LogP contribution is 2.28. The zero-order valence-corrected chi connectivity index (χ0v) is 14.1. The largest absolute Gasteiger partial charge is 0.420 e. The topological polar surface area (TPSA) is 108 Å². The minimum Gasteiger partial charge on any atom is -0.420 e. The molecule has 0 unspecified atom stereocenters. The molecule has 0 aliphatic carbocycles. The lowest BCUT2D eigenvalue weighted by molar-refractivity contribution is -0.384. The van der Waals surface area contributed by atoms with Gasteiger partial charge in [0.15, 0.2) is 0 Å². The second kappa shape index (κ2) is 6.89. The Labute approximate surface area is 151 Å². The van der Waals surface area contributed by atoms with Crippen LogP contribution < -0.4 is 0 Å². The smallest absolute Gasteiger partial charge is 0.269 e. The highest BCUT2D eigenvalue weighted by Gasteiger charge is 2.12. The molecule has 128 valence electrons. The fourth-order valence-electron chi connectivity index (χ4n) is 2.38. The fourth-order valence-corrected chi connectivity index (χ4v) is 3.21. The van der Waals surface area contributed by atoms with E-state index in [-0.39, 0.29) is 5.69 Å². The highest BCUT2D eigenvalue weighted by atomic mass is 32.2. The lowest BCUT2D eigenvalue weighted by atomic mass is 10.2. The first kappa shape index (κ1) is 16.2. The Balaban J connectivity index is 1.51. The van der Waals surface area contributed by atoms with E-state index in [0.717, 1.165) is 15.9 Å². The molecule has 0 spiro atoms. The minimum atomic E-state index is -0.453. The van der Waals surface area contributed by atoms with E-state index in [2.05, 4.69) is 20.2 Å². The molecule has 2 aromatic heterocycles. The number of nitro benzene ring substituents is 1. The summed E-state index contributed by atoms with van der Waals surface area (Å²) < 4.78 is 5.65. The molecule has 0 saturated carbocycles. The van der Waals surface area contributed by atoms with Crippen LogP contribution in [0.1, 0.15) is 5.89 Å². The minimum absolute atomic E-state index is 0.0136. The Bertz CT molecular complexity index is 1080. The molecule has 8 nitrogen and oxygen atoms in total. The highest BCUT2D eigenvalue weighted by molar-refractivity contribution is 7.98. The molecule has 2 heterocycles. The predicted molar refractivity (Wildman–Crippen MR) is 95.5 cm³/mol. The van der Waals surface area contributed by atoms with E-state index in [0.29, 0.717) is 23.1 Å². The lowest BCUT2D eigenvalue weighted by Crippen LogP contribution is -1.88. The monoisotopic (exact) mass is 365 g/mol. The van der Waals surface area contributed by atoms with Gasteiger partial charge in [0, 0.05) is 23.1 Å². The Hall–Kier alpha value is -3.33. The van der Waals surface area contributed by atoms with Crippen LogP contribution in [-0.4, -0.2) is 25.1 Å². The number of hydrogen-bond donors (Lipinski definition) is 0. The van der Waals surface area contributed by atoms with Crippen molar-refractivity contribution in [1.82, 2.24) is 20.2 Å². The molecule has 2 aromatic carbocycles. The standard InChI is InChI=1S/C17H11N5O3S/c23-22(24)12-7-5-11(6-8-12)16-21-20-15(25-16)9-26-17-13-3-1-2-4-14(13)18-10-19-17/h1-8,10H,9H2. The normalized spacial score (nSPS) is 10.9. The van der Waals surface area contributed by atoms with Crippen molar-refractivity contribution in [1.29, 1.82) is 0 Å². The van der Waals surface area contributed by atoms with Crippen LogP contribution in [0.4, 0.5) is 5.69 Å². The van der Waals surface area contributed by atoms with Crippen molar-refractivity contribution in [2.45, 2.75) is 10.8 Å². The first-order valence-corrected chi connectivity index (χ1v) is 8.59. The van der Waals surface area contributed by atoms with Crippen molar-refractivity contribution in [3.63, 3.8) is 0 Å². The maximum Gasteiger partial charge on any atom is 0.269 e. The molecular weight excluding hydrogens is 354 g/mol. The number of nitro groups is 1. The summed E-state index contributed by atoms with van der Waals surface area (Å²) in [5.74, 6) is 1.23. The number of fused-ring (bicyclic) bond motifs is 1. The van der Waals surface area contributed by atoms with Gasteiger partial charge < -0.3 is 4.42 Å². The van der Waals surface area contributed by atoms with E-state index < -0.39 is 4.92 Å². The number of nitrogens with zero attached hydrogens (tertiary/aromatic N) is 5. The Morgan fingerprint density at radius 3 is 2.65 bits per heavy atom. The number of hydrogen-bond acceptors (Lipinski definition) is 8. The summed E-state index contributed by atoms with van der Waals surface area (Å²) in [6.45, 7) is 0. The van der Waals surface area contributed by atoms with Gasteiger partial charge in [0.25, 0.3) is 5.69 Å².